The van der Waals surface area contributed by atoms with Crippen molar-refractivity contribution in [2.75, 3.05) is 0 Å². The maximum absolute atomic E-state index is 5.68. The molecular weight excluding hydrogens is 176 g/mol. The molecule has 2 aromatic rings. The van der Waals surface area contributed by atoms with Gasteiger partial charge in [0.1, 0.15) is 0 Å². The highest BCUT2D eigenvalue weighted by molar-refractivity contribution is 6.30. The third-order valence-electron chi connectivity index (χ3n) is 1.34. The van der Waals surface area contributed by atoms with Crippen LogP contribution in [0, 0.1) is 0 Å². The minimum absolute atomic E-state index is 0.584. The lowest BCUT2D eigenvalue weighted by Gasteiger charge is -1.95. The van der Waals surface area contributed by atoms with Crippen molar-refractivity contribution in [3.8, 4) is 5.82 Å². The fourth-order valence-electron chi connectivity index (χ4n) is 0.836. The molecule has 0 saturated heterocycles. The van der Waals surface area contributed by atoms with E-state index in [-0.39, 0.29) is 0 Å². The average Bonchev–Trinajstić information content (AvgIpc) is 2.54. The highest BCUT2D eigenvalue weighted by Crippen LogP contribution is 2.07. The topological polar surface area (TPSA) is 43.6 Å². The zero-order valence-corrected chi connectivity index (χ0v) is 6.81. The molecule has 2 heterocycles. The van der Waals surface area contributed by atoms with Gasteiger partial charge in [-0.2, -0.15) is 5.10 Å². The van der Waals surface area contributed by atoms with E-state index in [1.807, 2.05) is 0 Å². The van der Waals surface area contributed by atoms with E-state index in [0.717, 1.165) is 0 Å². The third-order valence-corrected chi connectivity index (χ3v) is 1.53. The molecule has 0 radical (unpaired) electrons. The first-order valence-corrected chi connectivity index (χ1v) is 3.70. The van der Waals surface area contributed by atoms with Gasteiger partial charge in [-0.3, -0.25) is 4.98 Å². The summed E-state index contributed by atoms with van der Waals surface area (Å²) >= 11 is 5.68. The second-order valence-corrected chi connectivity index (χ2v) is 2.60. The Bertz CT molecular complexity index is 370. The van der Waals surface area contributed by atoms with Gasteiger partial charge in [0.05, 0.1) is 23.6 Å². The van der Waals surface area contributed by atoms with Crippen LogP contribution in [-0.4, -0.2) is 19.7 Å². The first-order valence-electron chi connectivity index (χ1n) is 3.33. The molecule has 0 aromatic carbocycles. The first-order chi connectivity index (χ1) is 5.86. The van der Waals surface area contributed by atoms with Crippen molar-refractivity contribution in [1.29, 1.82) is 0 Å². The van der Waals surface area contributed by atoms with Gasteiger partial charge >= 0.3 is 0 Å². The van der Waals surface area contributed by atoms with Crippen molar-refractivity contribution < 1.29 is 0 Å². The fourth-order valence-corrected chi connectivity index (χ4v) is 0.972. The van der Waals surface area contributed by atoms with Gasteiger partial charge < -0.3 is 0 Å². The van der Waals surface area contributed by atoms with E-state index >= 15 is 0 Å². The Kier molecular flexibility index (Phi) is 1.75. The van der Waals surface area contributed by atoms with E-state index in [2.05, 4.69) is 15.1 Å². The van der Waals surface area contributed by atoms with E-state index in [0.29, 0.717) is 10.8 Å². The first kappa shape index (κ1) is 7.24. The lowest BCUT2D eigenvalue weighted by molar-refractivity contribution is 0.838. The molecule has 0 unspecified atom stereocenters. The molecule has 12 heavy (non-hydrogen) atoms. The Labute approximate surface area is 73.8 Å². The molecule has 2 aromatic heterocycles. The molecule has 2 rings (SSSR count). The van der Waals surface area contributed by atoms with Crippen LogP contribution in [0.4, 0.5) is 0 Å². The van der Waals surface area contributed by atoms with Gasteiger partial charge in [0, 0.05) is 12.4 Å². The van der Waals surface area contributed by atoms with Crippen LogP contribution in [0.25, 0.3) is 5.82 Å². The summed E-state index contributed by atoms with van der Waals surface area (Å²) in [6, 6.07) is 0. The Morgan fingerprint density at radius 1 is 1.25 bits per heavy atom. The second-order valence-electron chi connectivity index (χ2n) is 2.17. The number of nitrogens with zero attached hydrogens (tertiary/aromatic N) is 4. The number of halogens is 1. The van der Waals surface area contributed by atoms with Crippen LogP contribution in [0.3, 0.4) is 0 Å². The number of hydrogen-bond donors (Lipinski definition) is 0. The smallest absolute Gasteiger partial charge is 0.171 e. The van der Waals surface area contributed by atoms with Gasteiger partial charge in [-0.05, 0) is 0 Å². The Morgan fingerprint density at radius 3 is 2.75 bits per heavy atom. The predicted octanol–water partition coefficient (Wildman–Crippen LogP) is 1.32. The zero-order valence-electron chi connectivity index (χ0n) is 6.05. The van der Waals surface area contributed by atoms with Gasteiger partial charge in [0.2, 0.25) is 0 Å². The van der Waals surface area contributed by atoms with Crippen LogP contribution >= 0.6 is 11.6 Å². The van der Waals surface area contributed by atoms with E-state index in [1.165, 1.54) is 0 Å². The van der Waals surface area contributed by atoms with E-state index in [4.69, 9.17) is 11.6 Å². The standard InChI is InChI=1S/C7H5ClN4/c8-6-3-11-12(5-6)7-4-9-1-2-10-7/h1-5H. The van der Waals surface area contributed by atoms with Crippen molar-refractivity contribution in [2.45, 2.75) is 0 Å². The van der Waals surface area contributed by atoms with Crippen molar-refractivity contribution in [1.82, 2.24) is 19.7 Å². The molecule has 0 atom stereocenters. The Hall–Kier alpha value is -1.42. The minimum atomic E-state index is 0.584. The average molecular weight is 181 g/mol. The fraction of sp³-hybridized carbons (Fsp3) is 0. The van der Waals surface area contributed by atoms with Crippen molar-refractivity contribution in [3.63, 3.8) is 0 Å². The second kappa shape index (κ2) is 2.91. The molecule has 0 spiro atoms. The molecule has 0 aliphatic heterocycles. The highest BCUT2D eigenvalue weighted by Gasteiger charge is 1.98. The largest absolute Gasteiger partial charge is 0.259 e. The highest BCUT2D eigenvalue weighted by atomic mass is 35.5. The summed E-state index contributed by atoms with van der Waals surface area (Å²) in [6.07, 6.45) is 8.05. The van der Waals surface area contributed by atoms with Crippen LogP contribution in [0.2, 0.25) is 5.02 Å². The number of hydrogen-bond acceptors (Lipinski definition) is 3. The number of rotatable bonds is 1. The maximum atomic E-state index is 5.68. The normalized spacial score (nSPS) is 10.1. The Morgan fingerprint density at radius 2 is 2.17 bits per heavy atom. The van der Waals surface area contributed by atoms with Crippen LogP contribution in [0.15, 0.2) is 31.0 Å². The van der Waals surface area contributed by atoms with Gasteiger partial charge in [0.25, 0.3) is 0 Å². The molecule has 5 heteroatoms. The molecule has 0 saturated carbocycles. The SMILES string of the molecule is Clc1cnn(-c2cnccn2)c1. The van der Waals surface area contributed by atoms with Gasteiger partial charge in [-0.15, -0.1) is 0 Å². The summed E-state index contributed by atoms with van der Waals surface area (Å²) < 4.78 is 1.56. The van der Waals surface area contributed by atoms with Crippen molar-refractivity contribution >= 4 is 11.6 Å². The predicted molar refractivity (Wildman–Crippen MR) is 44.2 cm³/mol. The molecule has 60 valence electrons. The molecule has 0 bridgehead atoms. The Balaban J connectivity index is 2.45. The summed E-state index contributed by atoms with van der Waals surface area (Å²) in [4.78, 5) is 7.95. The van der Waals surface area contributed by atoms with Crippen LogP contribution < -0.4 is 0 Å². The summed E-state index contributed by atoms with van der Waals surface area (Å²) in [5, 5.41) is 4.55. The summed E-state index contributed by atoms with van der Waals surface area (Å²) in [7, 11) is 0. The maximum Gasteiger partial charge on any atom is 0.171 e. The van der Waals surface area contributed by atoms with E-state index < -0.39 is 0 Å². The molecule has 0 N–H and O–H groups in total. The summed E-state index contributed by atoms with van der Waals surface area (Å²) in [6.45, 7) is 0. The number of aromatic nitrogens is 4. The molecular formula is C7H5ClN4. The van der Waals surface area contributed by atoms with Gasteiger partial charge in [-0.25, -0.2) is 9.67 Å². The minimum Gasteiger partial charge on any atom is -0.259 e. The quantitative estimate of drug-likeness (QED) is 0.665. The van der Waals surface area contributed by atoms with Crippen LogP contribution in [-0.2, 0) is 0 Å². The molecule has 0 amide bonds. The molecule has 0 aliphatic carbocycles. The third kappa shape index (κ3) is 1.29. The molecule has 0 fully saturated rings. The van der Waals surface area contributed by atoms with E-state index in [9.17, 15) is 0 Å². The van der Waals surface area contributed by atoms with Crippen molar-refractivity contribution in [3.05, 3.63) is 36.0 Å². The van der Waals surface area contributed by atoms with Crippen LogP contribution in [0.5, 0.6) is 0 Å². The van der Waals surface area contributed by atoms with Gasteiger partial charge in [0.15, 0.2) is 5.82 Å². The lowest BCUT2D eigenvalue weighted by Crippen LogP contribution is -1.97. The molecule has 0 aliphatic rings. The van der Waals surface area contributed by atoms with E-state index in [1.54, 1.807) is 35.7 Å². The molecule has 4 nitrogen and oxygen atoms in total. The van der Waals surface area contributed by atoms with Gasteiger partial charge in [-0.1, -0.05) is 11.6 Å². The lowest BCUT2D eigenvalue weighted by atomic mass is 10.6. The summed E-state index contributed by atoms with van der Waals surface area (Å²) in [5.41, 5.74) is 0. The van der Waals surface area contributed by atoms with Crippen LogP contribution in [0.1, 0.15) is 0 Å². The monoisotopic (exact) mass is 180 g/mol. The summed E-state index contributed by atoms with van der Waals surface area (Å²) in [5.74, 6) is 0.657. The zero-order chi connectivity index (χ0) is 8.39. The van der Waals surface area contributed by atoms with Crippen molar-refractivity contribution in [2.24, 2.45) is 0 Å².